The van der Waals surface area contributed by atoms with E-state index in [4.69, 9.17) is 5.84 Å². The molecule has 1 aromatic heterocycles. The van der Waals surface area contributed by atoms with E-state index < -0.39 is 0 Å². The van der Waals surface area contributed by atoms with Crippen molar-refractivity contribution in [2.24, 2.45) is 5.84 Å². The van der Waals surface area contributed by atoms with Crippen LogP contribution in [0.15, 0.2) is 24.3 Å². The third kappa shape index (κ3) is 2.49. The summed E-state index contributed by atoms with van der Waals surface area (Å²) in [6.07, 6.45) is 5.38. The van der Waals surface area contributed by atoms with E-state index in [1.807, 2.05) is 0 Å². The standard InChI is InChI=1S/C15H17FN4/c16-11-8-6-10(7-9-11)14-18-13-5-3-1-2-4-12(13)15(19-14)20-17/h6-9H,1-5,17H2,(H,18,19,20). The molecule has 20 heavy (non-hydrogen) atoms. The number of hydrazine groups is 1. The van der Waals surface area contributed by atoms with E-state index in [1.54, 1.807) is 12.1 Å². The summed E-state index contributed by atoms with van der Waals surface area (Å²) >= 11 is 0. The molecule has 3 N–H and O–H groups in total. The molecule has 0 saturated carbocycles. The highest BCUT2D eigenvalue weighted by atomic mass is 19.1. The molecule has 1 heterocycles. The molecule has 0 atom stereocenters. The van der Waals surface area contributed by atoms with E-state index in [0.717, 1.165) is 42.5 Å². The van der Waals surface area contributed by atoms with Crippen molar-refractivity contribution in [1.29, 1.82) is 0 Å². The van der Waals surface area contributed by atoms with Crippen LogP contribution in [0.4, 0.5) is 10.2 Å². The molecule has 0 bridgehead atoms. The summed E-state index contributed by atoms with van der Waals surface area (Å²) in [6, 6.07) is 6.21. The minimum absolute atomic E-state index is 0.263. The quantitative estimate of drug-likeness (QED) is 0.501. The maximum Gasteiger partial charge on any atom is 0.161 e. The summed E-state index contributed by atoms with van der Waals surface area (Å²) in [5.41, 5.74) is 5.66. The van der Waals surface area contributed by atoms with E-state index in [1.165, 1.54) is 18.6 Å². The van der Waals surface area contributed by atoms with Gasteiger partial charge in [-0.15, -0.1) is 0 Å². The van der Waals surface area contributed by atoms with Crippen LogP contribution in [-0.2, 0) is 12.8 Å². The predicted octanol–water partition coefficient (Wildman–Crippen LogP) is 2.84. The number of aromatic nitrogens is 2. The molecule has 0 saturated heterocycles. The molecule has 1 aliphatic carbocycles. The first-order chi connectivity index (χ1) is 9.78. The van der Waals surface area contributed by atoms with Gasteiger partial charge in [0.1, 0.15) is 11.6 Å². The van der Waals surface area contributed by atoms with E-state index in [-0.39, 0.29) is 5.82 Å². The number of rotatable bonds is 2. The second kappa shape index (κ2) is 5.54. The van der Waals surface area contributed by atoms with Crippen molar-refractivity contribution in [3.05, 3.63) is 41.3 Å². The Hall–Kier alpha value is -2.01. The first-order valence-electron chi connectivity index (χ1n) is 6.90. The van der Waals surface area contributed by atoms with Crippen molar-refractivity contribution < 1.29 is 4.39 Å². The van der Waals surface area contributed by atoms with E-state index in [9.17, 15) is 4.39 Å². The minimum atomic E-state index is -0.263. The third-order valence-electron chi connectivity index (χ3n) is 3.67. The van der Waals surface area contributed by atoms with Gasteiger partial charge in [-0.25, -0.2) is 20.2 Å². The molecule has 0 fully saturated rings. The number of benzene rings is 1. The van der Waals surface area contributed by atoms with Crippen LogP contribution in [0.25, 0.3) is 11.4 Å². The fraction of sp³-hybridized carbons (Fsp3) is 0.333. The van der Waals surface area contributed by atoms with Crippen LogP contribution >= 0.6 is 0 Å². The Morgan fingerprint density at radius 3 is 2.50 bits per heavy atom. The SMILES string of the molecule is NNc1nc(-c2ccc(F)cc2)nc2c1CCCCC2. The van der Waals surface area contributed by atoms with Crippen LogP contribution < -0.4 is 11.3 Å². The van der Waals surface area contributed by atoms with Gasteiger partial charge in [-0.1, -0.05) is 6.42 Å². The molecule has 0 amide bonds. The second-order valence-electron chi connectivity index (χ2n) is 5.03. The molecular formula is C15H17FN4. The van der Waals surface area contributed by atoms with Gasteiger partial charge in [0.2, 0.25) is 0 Å². The Morgan fingerprint density at radius 1 is 1.00 bits per heavy atom. The van der Waals surface area contributed by atoms with Crippen molar-refractivity contribution in [2.75, 3.05) is 5.43 Å². The lowest BCUT2D eigenvalue weighted by molar-refractivity contribution is 0.628. The number of anilines is 1. The zero-order chi connectivity index (χ0) is 13.9. The van der Waals surface area contributed by atoms with Gasteiger partial charge in [-0.2, -0.15) is 0 Å². The van der Waals surface area contributed by atoms with Crippen LogP contribution in [0, 0.1) is 5.82 Å². The molecule has 5 heteroatoms. The molecule has 1 aliphatic rings. The Balaban J connectivity index is 2.08. The van der Waals surface area contributed by atoms with Crippen molar-refractivity contribution in [3.8, 4) is 11.4 Å². The largest absolute Gasteiger partial charge is 0.308 e. The minimum Gasteiger partial charge on any atom is -0.308 e. The Morgan fingerprint density at radius 2 is 1.75 bits per heavy atom. The Bertz CT molecular complexity index is 610. The van der Waals surface area contributed by atoms with E-state index >= 15 is 0 Å². The number of nitrogens with one attached hydrogen (secondary N) is 1. The molecule has 1 aromatic carbocycles. The number of halogens is 1. The number of hydrogen-bond acceptors (Lipinski definition) is 4. The van der Waals surface area contributed by atoms with Crippen LogP contribution in [0.5, 0.6) is 0 Å². The molecular weight excluding hydrogens is 255 g/mol. The van der Waals surface area contributed by atoms with Crippen molar-refractivity contribution in [1.82, 2.24) is 9.97 Å². The summed E-state index contributed by atoms with van der Waals surface area (Å²) in [4.78, 5) is 9.13. The lowest BCUT2D eigenvalue weighted by atomic mass is 10.1. The Kier molecular flexibility index (Phi) is 3.60. The average molecular weight is 272 g/mol. The summed E-state index contributed by atoms with van der Waals surface area (Å²) in [6.45, 7) is 0. The van der Waals surface area contributed by atoms with Gasteiger partial charge in [0.05, 0.1) is 0 Å². The van der Waals surface area contributed by atoms with Gasteiger partial charge in [0.25, 0.3) is 0 Å². The van der Waals surface area contributed by atoms with Crippen molar-refractivity contribution >= 4 is 5.82 Å². The van der Waals surface area contributed by atoms with Gasteiger partial charge in [0.15, 0.2) is 5.82 Å². The number of fused-ring (bicyclic) bond motifs is 1. The fourth-order valence-corrected chi connectivity index (χ4v) is 2.62. The number of aryl methyl sites for hydroxylation is 1. The lowest BCUT2D eigenvalue weighted by Crippen LogP contribution is -2.14. The van der Waals surface area contributed by atoms with Crippen LogP contribution in [-0.4, -0.2) is 9.97 Å². The fourth-order valence-electron chi connectivity index (χ4n) is 2.62. The van der Waals surface area contributed by atoms with Crippen LogP contribution in [0.1, 0.15) is 30.5 Å². The van der Waals surface area contributed by atoms with Gasteiger partial charge < -0.3 is 5.43 Å². The first-order valence-corrected chi connectivity index (χ1v) is 6.90. The highest BCUT2D eigenvalue weighted by Gasteiger charge is 2.16. The zero-order valence-electron chi connectivity index (χ0n) is 11.2. The van der Waals surface area contributed by atoms with Gasteiger partial charge in [0, 0.05) is 16.8 Å². The van der Waals surface area contributed by atoms with Crippen molar-refractivity contribution in [3.63, 3.8) is 0 Å². The molecule has 0 spiro atoms. The van der Waals surface area contributed by atoms with Gasteiger partial charge >= 0.3 is 0 Å². The van der Waals surface area contributed by atoms with Crippen LogP contribution in [0.3, 0.4) is 0 Å². The highest BCUT2D eigenvalue weighted by Crippen LogP contribution is 2.27. The molecule has 0 aliphatic heterocycles. The van der Waals surface area contributed by atoms with Gasteiger partial charge in [-0.05, 0) is 49.9 Å². The maximum absolute atomic E-state index is 13.0. The molecule has 0 radical (unpaired) electrons. The number of nitrogens with two attached hydrogens (primary N) is 1. The molecule has 0 unspecified atom stereocenters. The smallest absolute Gasteiger partial charge is 0.161 e. The summed E-state index contributed by atoms with van der Waals surface area (Å²) in [7, 11) is 0. The topological polar surface area (TPSA) is 63.8 Å². The first kappa shape index (κ1) is 13.0. The molecule has 4 nitrogen and oxygen atoms in total. The van der Waals surface area contributed by atoms with E-state index in [2.05, 4.69) is 15.4 Å². The number of nitrogen functional groups attached to an aromatic ring is 1. The number of nitrogens with zero attached hydrogens (tertiary/aromatic N) is 2. The monoisotopic (exact) mass is 272 g/mol. The second-order valence-corrected chi connectivity index (χ2v) is 5.03. The summed E-state index contributed by atoms with van der Waals surface area (Å²) in [5.74, 6) is 6.62. The molecule has 2 aromatic rings. The normalized spacial score (nSPS) is 14.5. The predicted molar refractivity (Wildman–Crippen MR) is 76.5 cm³/mol. The van der Waals surface area contributed by atoms with Crippen molar-refractivity contribution in [2.45, 2.75) is 32.1 Å². The zero-order valence-corrected chi connectivity index (χ0v) is 11.2. The van der Waals surface area contributed by atoms with E-state index in [0.29, 0.717) is 11.6 Å². The summed E-state index contributed by atoms with van der Waals surface area (Å²) in [5, 5.41) is 0. The van der Waals surface area contributed by atoms with Gasteiger partial charge in [-0.3, -0.25) is 0 Å². The average Bonchev–Trinajstić information content (AvgIpc) is 2.72. The summed E-state index contributed by atoms with van der Waals surface area (Å²) < 4.78 is 13.0. The van der Waals surface area contributed by atoms with Crippen LogP contribution in [0.2, 0.25) is 0 Å². The molecule has 3 rings (SSSR count). The highest BCUT2D eigenvalue weighted by molar-refractivity contribution is 5.59. The Labute approximate surface area is 117 Å². The number of hydrogen-bond donors (Lipinski definition) is 2. The maximum atomic E-state index is 13.0. The third-order valence-corrected chi connectivity index (χ3v) is 3.67. The lowest BCUT2D eigenvalue weighted by Gasteiger charge is -2.12. The molecule has 104 valence electrons.